The first-order chi connectivity index (χ1) is 6.02. The molecule has 1 aliphatic rings. The summed E-state index contributed by atoms with van der Waals surface area (Å²) < 4.78 is 0. The molecule has 0 aromatic carbocycles. The number of nitrogens with zero attached hydrogens (tertiary/aromatic N) is 2. The number of carbonyl (C=O) groups excluding carboxylic acids is 1. The van der Waals surface area contributed by atoms with Crippen molar-refractivity contribution in [3.05, 3.63) is 0 Å². The number of rotatable bonds is 3. The largest absolute Gasteiger partial charge is 0.480 e. The van der Waals surface area contributed by atoms with Gasteiger partial charge in [0.25, 0.3) is 0 Å². The molecule has 0 aromatic heterocycles. The van der Waals surface area contributed by atoms with Crippen LogP contribution in [-0.4, -0.2) is 46.1 Å². The summed E-state index contributed by atoms with van der Waals surface area (Å²) in [6.45, 7) is 4.28. The quantitative estimate of drug-likeness (QED) is 0.670. The number of hydrazine groups is 1. The number of amides is 1. The van der Waals surface area contributed by atoms with Gasteiger partial charge in [0.15, 0.2) is 0 Å². The van der Waals surface area contributed by atoms with E-state index in [0.717, 1.165) is 0 Å². The fourth-order valence-electron chi connectivity index (χ4n) is 1.45. The number of carboxylic acids is 1. The zero-order chi connectivity index (χ0) is 10.0. The van der Waals surface area contributed by atoms with Gasteiger partial charge in [-0.2, -0.15) is 0 Å². The molecule has 5 nitrogen and oxygen atoms in total. The van der Waals surface area contributed by atoms with E-state index in [-0.39, 0.29) is 18.5 Å². The minimum absolute atomic E-state index is 0.101. The van der Waals surface area contributed by atoms with Crippen LogP contribution in [0.1, 0.15) is 20.3 Å². The first kappa shape index (κ1) is 9.98. The zero-order valence-corrected chi connectivity index (χ0v) is 7.86. The van der Waals surface area contributed by atoms with Gasteiger partial charge in [0.05, 0.1) is 0 Å². The summed E-state index contributed by atoms with van der Waals surface area (Å²) in [5.74, 6) is -1.07. The molecule has 0 aromatic rings. The van der Waals surface area contributed by atoms with Gasteiger partial charge in [0.1, 0.15) is 6.54 Å². The lowest BCUT2D eigenvalue weighted by Gasteiger charge is -2.29. The fraction of sp³-hybridized carbons (Fsp3) is 0.750. The summed E-state index contributed by atoms with van der Waals surface area (Å²) in [6, 6.07) is 0.172. The lowest BCUT2D eigenvalue weighted by atomic mass is 10.4. The van der Waals surface area contributed by atoms with Crippen LogP contribution in [-0.2, 0) is 9.59 Å². The maximum atomic E-state index is 11.2. The van der Waals surface area contributed by atoms with E-state index in [2.05, 4.69) is 0 Å². The van der Waals surface area contributed by atoms with Crippen molar-refractivity contribution in [2.75, 3.05) is 13.1 Å². The van der Waals surface area contributed by atoms with Crippen LogP contribution in [0.4, 0.5) is 0 Å². The highest BCUT2D eigenvalue weighted by molar-refractivity contribution is 5.82. The SMILES string of the molecule is CC(C)N1CCC(=O)N1CC(=O)O. The fourth-order valence-corrected chi connectivity index (χ4v) is 1.45. The third-order valence-electron chi connectivity index (χ3n) is 2.03. The second-order valence-corrected chi connectivity index (χ2v) is 3.35. The zero-order valence-electron chi connectivity index (χ0n) is 7.86. The lowest BCUT2D eigenvalue weighted by molar-refractivity contribution is -0.153. The van der Waals surface area contributed by atoms with Gasteiger partial charge in [-0.25, -0.2) is 5.01 Å². The minimum atomic E-state index is -0.971. The normalized spacial score (nSPS) is 18.7. The van der Waals surface area contributed by atoms with Crippen LogP contribution >= 0.6 is 0 Å². The molecule has 1 fully saturated rings. The summed E-state index contributed by atoms with van der Waals surface area (Å²) in [4.78, 5) is 21.7. The molecule has 13 heavy (non-hydrogen) atoms. The third-order valence-corrected chi connectivity index (χ3v) is 2.03. The Morgan fingerprint density at radius 1 is 1.62 bits per heavy atom. The standard InChI is InChI=1S/C8H14N2O3/c1-6(2)9-4-3-7(11)10(9)5-8(12)13/h6H,3-5H2,1-2H3,(H,12,13). The Morgan fingerprint density at radius 3 is 2.69 bits per heavy atom. The lowest BCUT2D eigenvalue weighted by Crippen LogP contribution is -2.45. The van der Waals surface area contributed by atoms with Crippen molar-refractivity contribution in [3.8, 4) is 0 Å². The molecule has 0 bridgehead atoms. The van der Waals surface area contributed by atoms with Crippen molar-refractivity contribution in [2.45, 2.75) is 26.3 Å². The molecule has 1 heterocycles. The van der Waals surface area contributed by atoms with Gasteiger partial charge in [-0.3, -0.25) is 14.6 Å². The maximum absolute atomic E-state index is 11.2. The maximum Gasteiger partial charge on any atom is 0.324 e. The van der Waals surface area contributed by atoms with Gasteiger partial charge in [-0.05, 0) is 13.8 Å². The van der Waals surface area contributed by atoms with Crippen molar-refractivity contribution in [1.29, 1.82) is 0 Å². The summed E-state index contributed by atoms with van der Waals surface area (Å²) in [5, 5.41) is 11.7. The highest BCUT2D eigenvalue weighted by Crippen LogP contribution is 2.14. The summed E-state index contributed by atoms with van der Waals surface area (Å²) >= 11 is 0. The van der Waals surface area contributed by atoms with Gasteiger partial charge in [0.2, 0.25) is 5.91 Å². The topological polar surface area (TPSA) is 60.9 Å². The summed E-state index contributed by atoms with van der Waals surface area (Å²) in [6.07, 6.45) is 0.422. The molecule has 1 rings (SSSR count). The van der Waals surface area contributed by atoms with Gasteiger partial charge in [0, 0.05) is 19.0 Å². The Balaban J connectivity index is 2.65. The van der Waals surface area contributed by atoms with E-state index in [1.165, 1.54) is 5.01 Å². The minimum Gasteiger partial charge on any atom is -0.480 e. The van der Waals surface area contributed by atoms with Crippen molar-refractivity contribution in [3.63, 3.8) is 0 Å². The highest BCUT2D eigenvalue weighted by atomic mass is 16.4. The molecule has 74 valence electrons. The molecule has 1 aliphatic heterocycles. The Labute approximate surface area is 76.9 Å². The van der Waals surface area contributed by atoms with E-state index in [0.29, 0.717) is 13.0 Å². The van der Waals surface area contributed by atoms with Crippen molar-refractivity contribution in [1.82, 2.24) is 10.0 Å². The molecule has 5 heteroatoms. The monoisotopic (exact) mass is 186 g/mol. The van der Waals surface area contributed by atoms with Crippen LogP contribution in [0, 0.1) is 0 Å². The molecule has 1 amide bonds. The van der Waals surface area contributed by atoms with Gasteiger partial charge in [-0.1, -0.05) is 0 Å². The van der Waals surface area contributed by atoms with Crippen molar-refractivity contribution >= 4 is 11.9 Å². The van der Waals surface area contributed by atoms with E-state index in [9.17, 15) is 9.59 Å². The Morgan fingerprint density at radius 2 is 2.23 bits per heavy atom. The molecular formula is C8H14N2O3. The number of carboxylic acid groups (broad SMARTS) is 1. The molecule has 0 saturated carbocycles. The van der Waals surface area contributed by atoms with Crippen LogP contribution in [0.5, 0.6) is 0 Å². The first-order valence-electron chi connectivity index (χ1n) is 4.31. The Hall–Kier alpha value is -1.10. The molecule has 0 radical (unpaired) electrons. The Kier molecular flexibility index (Phi) is 2.87. The van der Waals surface area contributed by atoms with Crippen LogP contribution < -0.4 is 0 Å². The van der Waals surface area contributed by atoms with Crippen LogP contribution in [0.25, 0.3) is 0 Å². The van der Waals surface area contributed by atoms with Crippen LogP contribution in [0.3, 0.4) is 0 Å². The van der Waals surface area contributed by atoms with E-state index < -0.39 is 5.97 Å². The number of aliphatic carboxylic acids is 1. The molecule has 1 N–H and O–H groups in total. The molecule has 0 aliphatic carbocycles. The average Bonchev–Trinajstić information content (AvgIpc) is 2.32. The van der Waals surface area contributed by atoms with Gasteiger partial charge >= 0.3 is 5.97 Å². The summed E-state index contributed by atoms with van der Waals surface area (Å²) in [7, 11) is 0. The Bertz CT molecular complexity index is 227. The van der Waals surface area contributed by atoms with Crippen LogP contribution in [0.2, 0.25) is 0 Å². The summed E-state index contributed by atoms with van der Waals surface area (Å²) in [5.41, 5.74) is 0. The second kappa shape index (κ2) is 3.74. The van der Waals surface area contributed by atoms with Gasteiger partial charge in [-0.15, -0.1) is 0 Å². The molecule has 0 spiro atoms. The molecule has 0 unspecified atom stereocenters. The van der Waals surface area contributed by atoms with Gasteiger partial charge < -0.3 is 5.11 Å². The van der Waals surface area contributed by atoms with E-state index >= 15 is 0 Å². The van der Waals surface area contributed by atoms with Crippen LogP contribution in [0.15, 0.2) is 0 Å². The highest BCUT2D eigenvalue weighted by Gasteiger charge is 2.31. The number of carbonyl (C=O) groups is 2. The molecule has 0 atom stereocenters. The number of hydrogen-bond acceptors (Lipinski definition) is 3. The molecule has 1 saturated heterocycles. The third kappa shape index (κ3) is 2.18. The van der Waals surface area contributed by atoms with Crippen molar-refractivity contribution < 1.29 is 14.7 Å². The predicted molar refractivity (Wildman–Crippen MR) is 45.8 cm³/mol. The van der Waals surface area contributed by atoms with E-state index in [4.69, 9.17) is 5.11 Å². The van der Waals surface area contributed by atoms with E-state index in [1.807, 2.05) is 13.8 Å². The van der Waals surface area contributed by atoms with E-state index in [1.54, 1.807) is 5.01 Å². The van der Waals surface area contributed by atoms with Crippen molar-refractivity contribution in [2.24, 2.45) is 0 Å². The second-order valence-electron chi connectivity index (χ2n) is 3.35. The average molecular weight is 186 g/mol. The molecular weight excluding hydrogens is 172 g/mol. The smallest absolute Gasteiger partial charge is 0.324 e. The predicted octanol–water partition coefficient (Wildman–Crippen LogP) is -0.0713. The number of hydrogen-bond donors (Lipinski definition) is 1. The first-order valence-corrected chi connectivity index (χ1v) is 4.31.